The highest BCUT2D eigenvalue weighted by atomic mass is 32.1. The average molecular weight is 443 g/mol. The molecule has 1 saturated carbocycles. The predicted molar refractivity (Wildman–Crippen MR) is 132 cm³/mol. The highest BCUT2D eigenvalue weighted by molar-refractivity contribution is 7.18. The maximum absolute atomic E-state index is 12.9. The van der Waals surface area contributed by atoms with Crippen molar-refractivity contribution in [2.24, 2.45) is 5.92 Å². The second kappa shape index (κ2) is 9.09. The summed E-state index contributed by atoms with van der Waals surface area (Å²) in [6.07, 6.45) is 11.2. The molecule has 0 spiro atoms. The van der Waals surface area contributed by atoms with E-state index in [1.165, 1.54) is 49.0 Å². The molecule has 0 aliphatic heterocycles. The summed E-state index contributed by atoms with van der Waals surface area (Å²) in [4.78, 5) is 22.5. The molecule has 0 saturated heterocycles. The zero-order chi connectivity index (χ0) is 21.9. The van der Waals surface area contributed by atoms with Crippen molar-refractivity contribution in [3.8, 4) is 10.4 Å². The van der Waals surface area contributed by atoms with Gasteiger partial charge in [-0.1, -0.05) is 67.7 Å². The van der Waals surface area contributed by atoms with Crippen molar-refractivity contribution in [1.29, 1.82) is 0 Å². The Morgan fingerprint density at radius 2 is 1.88 bits per heavy atom. The molecular weight excluding hydrogens is 416 g/mol. The molecule has 0 unspecified atom stereocenters. The third kappa shape index (κ3) is 4.65. The van der Waals surface area contributed by atoms with Crippen LogP contribution >= 0.6 is 11.3 Å². The third-order valence-corrected chi connectivity index (χ3v) is 7.09. The zero-order valence-corrected chi connectivity index (χ0v) is 18.7. The van der Waals surface area contributed by atoms with E-state index in [4.69, 9.17) is 5.73 Å². The molecule has 1 aliphatic rings. The molecule has 0 atom stereocenters. The summed E-state index contributed by atoms with van der Waals surface area (Å²) in [6.45, 7) is 0. The van der Waals surface area contributed by atoms with Crippen molar-refractivity contribution >= 4 is 39.0 Å². The second-order valence-electron chi connectivity index (χ2n) is 8.56. The van der Waals surface area contributed by atoms with Gasteiger partial charge >= 0.3 is 0 Å². The minimum Gasteiger partial charge on any atom is -0.375 e. The van der Waals surface area contributed by atoms with Crippen molar-refractivity contribution < 1.29 is 4.79 Å². The topological polar surface area (TPSA) is 80.9 Å². The molecule has 1 fully saturated rings. The van der Waals surface area contributed by atoms with Gasteiger partial charge in [0.2, 0.25) is 0 Å². The van der Waals surface area contributed by atoms with E-state index in [-0.39, 0.29) is 5.91 Å². The second-order valence-corrected chi connectivity index (χ2v) is 9.62. The van der Waals surface area contributed by atoms with E-state index in [0.717, 1.165) is 33.6 Å². The number of carbonyl (C=O) groups is 1. The molecule has 32 heavy (non-hydrogen) atoms. The Kier molecular flexibility index (Phi) is 5.86. The molecule has 5 nitrogen and oxygen atoms in total. The molecule has 2 aromatic carbocycles. The number of carbonyl (C=O) groups excluding carboxylic acids is 1. The van der Waals surface area contributed by atoms with Crippen molar-refractivity contribution in [1.82, 2.24) is 9.97 Å². The van der Waals surface area contributed by atoms with Gasteiger partial charge in [0.1, 0.15) is 5.82 Å². The number of nitrogen functional groups attached to an aromatic ring is 1. The number of nitrogens with one attached hydrogen (secondary N) is 1. The number of fused-ring (bicyclic) bond motifs is 1. The number of nitrogens with zero attached hydrogens (tertiary/aromatic N) is 2. The fourth-order valence-corrected chi connectivity index (χ4v) is 5.22. The van der Waals surface area contributed by atoms with Gasteiger partial charge in [-0.15, -0.1) is 0 Å². The maximum Gasteiger partial charge on any atom is 0.256 e. The number of amides is 1. The van der Waals surface area contributed by atoms with Crippen LogP contribution in [-0.4, -0.2) is 15.9 Å². The first-order chi connectivity index (χ1) is 15.6. The zero-order valence-electron chi connectivity index (χ0n) is 17.9. The van der Waals surface area contributed by atoms with Crippen LogP contribution in [0.4, 0.5) is 10.9 Å². The first-order valence-corrected chi connectivity index (χ1v) is 12.0. The van der Waals surface area contributed by atoms with Crippen LogP contribution in [0.2, 0.25) is 0 Å². The van der Waals surface area contributed by atoms with Gasteiger partial charge in [-0.3, -0.25) is 4.79 Å². The molecule has 162 valence electrons. The molecule has 1 aliphatic carbocycles. The van der Waals surface area contributed by atoms with Crippen LogP contribution < -0.4 is 11.1 Å². The Hall–Kier alpha value is -3.25. The Balaban J connectivity index is 1.33. The van der Waals surface area contributed by atoms with E-state index in [1.54, 1.807) is 12.4 Å². The van der Waals surface area contributed by atoms with Crippen LogP contribution in [0.3, 0.4) is 0 Å². The van der Waals surface area contributed by atoms with Gasteiger partial charge < -0.3 is 11.1 Å². The van der Waals surface area contributed by atoms with Crippen molar-refractivity contribution in [3.63, 3.8) is 0 Å². The van der Waals surface area contributed by atoms with Crippen LogP contribution in [0.1, 0.15) is 48.0 Å². The molecule has 1 amide bonds. The number of anilines is 2. The third-order valence-electron chi connectivity index (χ3n) is 6.21. The largest absolute Gasteiger partial charge is 0.375 e. The molecule has 6 heteroatoms. The quantitative estimate of drug-likeness (QED) is 0.379. The van der Waals surface area contributed by atoms with Crippen molar-refractivity contribution in [3.05, 3.63) is 72.1 Å². The van der Waals surface area contributed by atoms with E-state index in [1.807, 2.05) is 36.4 Å². The molecule has 4 aromatic rings. The summed E-state index contributed by atoms with van der Waals surface area (Å²) in [5.74, 6) is 1.15. The summed E-state index contributed by atoms with van der Waals surface area (Å²) in [6, 6.07) is 16.0. The molecule has 2 heterocycles. The number of rotatable bonds is 5. The van der Waals surface area contributed by atoms with Gasteiger partial charge in [0.25, 0.3) is 5.91 Å². The minimum atomic E-state index is -0.131. The molecule has 2 aromatic heterocycles. The maximum atomic E-state index is 12.9. The predicted octanol–water partition coefficient (Wildman–Crippen LogP) is 6.32. The monoisotopic (exact) mass is 442 g/mol. The standard InChI is InChI=1S/C26H26N4OS/c27-26-29-16-23(32-26)19-9-10-21-15-28-24(14-22(21)13-19)30-25(31)20-8-4-7-18(12-20)11-17-5-2-1-3-6-17/h4,7-10,12-17H,1-3,5-6,11H2,(H2,27,29)(H,28,30,31). The fraction of sp³-hybridized carbons (Fsp3) is 0.269. The lowest BCUT2D eigenvalue weighted by Gasteiger charge is -2.21. The lowest BCUT2D eigenvalue weighted by atomic mass is 9.84. The van der Waals surface area contributed by atoms with Gasteiger partial charge in [0, 0.05) is 23.3 Å². The summed E-state index contributed by atoms with van der Waals surface area (Å²) >= 11 is 1.46. The summed E-state index contributed by atoms with van der Waals surface area (Å²) in [5, 5.41) is 5.53. The highest BCUT2D eigenvalue weighted by Crippen LogP contribution is 2.30. The normalized spacial score (nSPS) is 14.5. The smallest absolute Gasteiger partial charge is 0.256 e. The highest BCUT2D eigenvalue weighted by Gasteiger charge is 2.15. The first kappa shape index (κ1) is 20.6. The molecule has 3 N–H and O–H groups in total. The van der Waals surface area contributed by atoms with Crippen LogP contribution in [0.15, 0.2) is 60.9 Å². The van der Waals surface area contributed by atoms with Gasteiger partial charge in [-0.2, -0.15) is 0 Å². The van der Waals surface area contributed by atoms with Gasteiger partial charge in [0.05, 0.1) is 4.88 Å². The van der Waals surface area contributed by atoms with Crippen LogP contribution in [-0.2, 0) is 6.42 Å². The number of hydrogen-bond donors (Lipinski definition) is 2. The van der Waals surface area contributed by atoms with Gasteiger partial charge in [-0.25, -0.2) is 9.97 Å². The van der Waals surface area contributed by atoms with Crippen LogP contribution in [0, 0.1) is 5.92 Å². The van der Waals surface area contributed by atoms with Crippen molar-refractivity contribution in [2.45, 2.75) is 38.5 Å². The number of aromatic nitrogens is 2. The SMILES string of the molecule is Nc1ncc(-c2ccc3cnc(NC(=O)c4cccc(CC5CCCCC5)c4)cc3c2)s1. The summed E-state index contributed by atoms with van der Waals surface area (Å²) in [5.41, 5.74) is 8.74. The lowest BCUT2D eigenvalue weighted by Crippen LogP contribution is -2.14. The van der Waals surface area contributed by atoms with Crippen LogP contribution in [0.5, 0.6) is 0 Å². The van der Waals surface area contributed by atoms with E-state index >= 15 is 0 Å². The number of benzene rings is 2. The van der Waals surface area contributed by atoms with Crippen molar-refractivity contribution in [2.75, 3.05) is 11.1 Å². The molecule has 5 rings (SSSR count). The Bertz CT molecular complexity index is 1260. The average Bonchev–Trinajstić information content (AvgIpc) is 3.26. The Morgan fingerprint density at radius 3 is 2.69 bits per heavy atom. The number of pyridine rings is 1. The first-order valence-electron chi connectivity index (χ1n) is 11.2. The van der Waals surface area contributed by atoms with E-state index < -0.39 is 0 Å². The molecule has 0 radical (unpaired) electrons. The summed E-state index contributed by atoms with van der Waals surface area (Å²) in [7, 11) is 0. The summed E-state index contributed by atoms with van der Waals surface area (Å²) < 4.78 is 0. The Labute approximate surface area is 191 Å². The number of nitrogens with two attached hydrogens (primary N) is 1. The van der Waals surface area contributed by atoms with Crippen LogP contribution in [0.25, 0.3) is 21.2 Å². The lowest BCUT2D eigenvalue weighted by molar-refractivity contribution is 0.102. The van der Waals surface area contributed by atoms with E-state index in [2.05, 4.69) is 27.4 Å². The molecule has 0 bridgehead atoms. The van der Waals surface area contributed by atoms with Gasteiger partial charge in [-0.05, 0) is 53.1 Å². The van der Waals surface area contributed by atoms with E-state index in [0.29, 0.717) is 16.5 Å². The van der Waals surface area contributed by atoms with E-state index in [9.17, 15) is 4.79 Å². The minimum absolute atomic E-state index is 0.131. The number of hydrogen-bond acceptors (Lipinski definition) is 5. The Morgan fingerprint density at radius 1 is 1.00 bits per heavy atom. The molecular formula is C26H26N4OS. The fourth-order valence-electron chi connectivity index (χ4n) is 4.54. The van der Waals surface area contributed by atoms with Gasteiger partial charge in [0.15, 0.2) is 5.13 Å². The number of thiazole rings is 1.